The van der Waals surface area contributed by atoms with Crippen LogP contribution in [0, 0.1) is 5.92 Å². The maximum atomic E-state index is 12.9. The number of hydrogen-bond acceptors (Lipinski definition) is 2. The molecule has 5 heteroatoms. The second-order valence-electron chi connectivity index (χ2n) is 7.95. The number of rotatable bonds is 4. The van der Waals surface area contributed by atoms with Crippen molar-refractivity contribution >= 4 is 29.1 Å². The van der Waals surface area contributed by atoms with Crippen LogP contribution in [0.2, 0.25) is 10.0 Å². The minimum absolute atomic E-state index is 0.110. The van der Waals surface area contributed by atoms with Crippen LogP contribution >= 0.6 is 23.2 Å². The molecule has 2 aromatic rings. The molecule has 1 N–H and O–H groups in total. The number of halogens is 2. The maximum absolute atomic E-state index is 12.9. The average Bonchev–Trinajstić information content (AvgIpc) is 2.71. The van der Waals surface area contributed by atoms with Gasteiger partial charge in [-0.2, -0.15) is 0 Å². The van der Waals surface area contributed by atoms with Gasteiger partial charge in [-0.1, -0.05) is 53.5 Å². The van der Waals surface area contributed by atoms with Crippen LogP contribution in [-0.2, 0) is 17.8 Å². The lowest BCUT2D eigenvalue weighted by molar-refractivity contribution is -0.127. The molecule has 4 rings (SSSR count). The van der Waals surface area contributed by atoms with E-state index in [1.54, 1.807) is 0 Å². The molecule has 2 aliphatic rings. The average molecular weight is 417 g/mol. The molecule has 0 saturated carbocycles. The first kappa shape index (κ1) is 19.8. The molecule has 1 saturated heterocycles. The summed E-state index contributed by atoms with van der Waals surface area (Å²) in [5.74, 6) is 0.329. The molecule has 1 aliphatic heterocycles. The fourth-order valence-corrected chi connectivity index (χ4v) is 4.76. The molecule has 1 aliphatic carbocycles. The Morgan fingerprint density at radius 1 is 1.04 bits per heavy atom. The van der Waals surface area contributed by atoms with Crippen LogP contribution in [0.3, 0.4) is 0 Å². The third-order valence-corrected chi connectivity index (χ3v) is 6.77. The largest absolute Gasteiger partial charge is 0.349 e. The molecule has 1 amide bonds. The fourth-order valence-electron chi connectivity index (χ4n) is 4.44. The zero-order valence-electron chi connectivity index (χ0n) is 16.0. The molecule has 1 unspecified atom stereocenters. The Labute approximate surface area is 177 Å². The lowest BCUT2D eigenvalue weighted by Crippen LogP contribution is -2.41. The van der Waals surface area contributed by atoms with E-state index in [0.29, 0.717) is 10.0 Å². The highest BCUT2D eigenvalue weighted by molar-refractivity contribution is 6.42. The summed E-state index contributed by atoms with van der Waals surface area (Å²) in [5.41, 5.74) is 3.85. The van der Waals surface area contributed by atoms with Gasteiger partial charge in [0.2, 0.25) is 5.91 Å². The van der Waals surface area contributed by atoms with Gasteiger partial charge in [-0.05, 0) is 74.0 Å². The molecule has 1 fully saturated rings. The molecule has 0 bridgehead atoms. The molecule has 0 spiro atoms. The van der Waals surface area contributed by atoms with Gasteiger partial charge in [-0.3, -0.25) is 9.69 Å². The predicted octanol–water partition coefficient (Wildman–Crippen LogP) is 5.40. The molecular weight excluding hydrogens is 391 g/mol. The SMILES string of the molecule is O=C(NC1CCCc2ccccc21)C1CCN(Cc2ccc(Cl)c(Cl)c2)CC1. The molecule has 2 aromatic carbocycles. The van der Waals surface area contributed by atoms with Gasteiger partial charge in [0, 0.05) is 12.5 Å². The highest BCUT2D eigenvalue weighted by atomic mass is 35.5. The number of nitrogens with zero attached hydrogens (tertiary/aromatic N) is 1. The normalized spacial score (nSPS) is 20.6. The van der Waals surface area contributed by atoms with Crippen LogP contribution < -0.4 is 5.32 Å². The van der Waals surface area contributed by atoms with Crippen LogP contribution in [0.25, 0.3) is 0 Å². The van der Waals surface area contributed by atoms with E-state index in [1.165, 1.54) is 11.1 Å². The summed E-state index contributed by atoms with van der Waals surface area (Å²) in [5, 5.41) is 4.52. The van der Waals surface area contributed by atoms with Crippen LogP contribution in [0.5, 0.6) is 0 Å². The maximum Gasteiger partial charge on any atom is 0.223 e. The van der Waals surface area contributed by atoms with Crippen molar-refractivity contribution in [1.29, 1.82) is 0 Å². The Morgan fingerprint density at radius 3 is 2.61 bits per heavy atom. The molecule has 1 heterocycles. The standard InChI is InChI=1S/C23H26Cl2N2O/c24-20-9-8-16(14-21(20)25)15-27-12-10-18(11-13-27)23(28)26-22-7-3-5-17-4-1-2-6-19(17)22/h1-2,4,6,8-9,14,18,22H,3,5,7,10-13,15H2,(H,26,28). The number of piperidine rings is 1. The van der Waals surface area contributed by atoms with Crippen LogP contribution in [-0.4, -0.2) is 23.9 Å². The van der Waals surface area contributed by atoms with Gasteiger partial charge >= 0.3 is 0 Å². The molecule has 0 radical (unpaired) electrons. The second-order valence-corrected chi connectivity index (χ2v) is 8.77. The second kappa shape index (κ2) is 8.86. The monoisotopic (exact) mass is 416 g/mol. The summed E-state index contributed by atoms with van der Waals surface area (Å²) < 4.78 is 0. The molecule has 1 atom stereocenters. The Hall–Kier alpha value is -1.55. The van der Waals surface area contributed by atoms with Gasteiger partial charge in [0.25, 0.3) is 0 Å². The first-order chi connectivity index (χ1) is 13.6. The zero-order chi connectivity index (χ0) is 19.5. The lowest BCUT2D eigenvalue weighted by Gasteiger charge is -2.33. The number of carbonyl (C=O) groups is 1. The first-order valence-electron chi connectivity index (χ1n) is 10.1. The van der Waals surface area contributed by atoms with E-state index in [4.69, 9.17) is 23.2 Å². The van der Waals surface area contributed by atoms with Gasteiger partial charge in [0.05, 0.1) is 16.1 Å². The van der Waals surface area contributed by atoms with E-state index in [9.17, 15) is 4.79 Å². The zero-order valence-corrected chi connectivity index (χ0v) is 17.5. The van der Waals surface area contributed by atoms with E-state index < -0.39 is 0 Å². The summed E-state index contributed by atoms with van der Waals surface area (Å²) >= 11 is 12.1. The van der Waals surface area contributed by atoms with Crippen molar-refractivity contribution in [3.8, 4) is 0 Å². The number of nitrogens with one attached hydrogen (secondary N) is 1. The predicted molar refractivity (Wildman–Crippen MR) is 115 cm³/mol. The van der Waals surface area contributed by atoms with Crippen LogP contribution in [0.4, 0.5) is 0 Å². The van der Waals surface area contributed by atoms with Crippen molar-refractivity contribution in [1.82, 2.24) is 10.2 Å². The van der Waals surface area contributed by atoms with Crippen LogP contribution in [0.15, 0.2) is 42.5 Å². The minimum Gasteiger partial charge on any atom is -0.349 e. The number of aryl methyl sites for hydroxylation is 1. The molecule has 28 heavy (non-hydrogen) atoms. The van der Waals surface area contributed by atoms with Gasteiger partial charge in [-0.15, -0.1) is 0 Å². The highest BCUT2D eigenvalue weighted by Crippen LogP contribution is 2.30. The summed E-state index contributed by atoms with van der Waals surface area (Å²) in [4.78, 5) is 15.2. The lowest BCUT2D eigenvalue weighted by atomic mass is 9.87. The summed E-state index contributed by atoms with van der Waals surface area (Å²) in [6.07, 6.45) is 5.11. The topological polar surface area (TPSA) is 32.3 Å². The third kappa shape index (κ3) is 4.53. The van der Waals surface area contributed by atoms with Crippen molar-refractivity contribution < 1.29 is 4.79 Å². The van der Waals surface area contributed by atoms with E-state index in [1.807, 2.05) is 18.2 Å². The van der Waals surface area contributed by atoms with Gasteiger partial charge in [-0.25, -0.2) is 0 Å². The smallest absolute Gasteiger partial charge is 0.223 e. The Morgan fingerprint density at radius 2 is 1.82 bits per heavy atom. The number of benzene rings is 2. The molecule has 0 aromatic heterocycles. The number of likely N-dealkylation sites (tertiary alicyclic amines) is 1. The van der Waals surface area contributed by atoms with Crippen LogP contribution in [0.1, 0.15) is 48.4 Å². The Kier molecular flexibility index (Phi) is 6.25. The molecule has 148 valence electrons. The molecular formula is C23H26Cl2N2O. The minimum atomic E-state index is 0.110. The quantitative estimate of drug-likeness (QED) is 0.723. The summed E-state index contributed by atoms with van der Waals surface area (Å²) in [7, 11) is 0. The van der Waals surface area contributed by atoms with Gasteiger partial charge in [0.15, 0.2) is 0 Å². The summed E-state index contributed by atoms with van der Waals surface area (Å²) in [6, 6.07) is 14.5. The van der Waals surface area contributed by atoms with Crippen molar-refractivity contribution in [3.05, 3.63) is 69.2 Å². The number of fused-ring (bicyclic) bond motifs is 1. The number of carbonyl (C=O) groups excluding carboxylic acids is 1. The van der Waals surface area contributed by atoms with E-state index in [2.05, 4.69) is 34.5 Å². The Balaban J connectivity index is 1.30. The summed E-state index contributed by atoms with van der Waals surface area (Å²) in [6.45, 7) is 2.71. The van der Waals surface area contributed by atoms with Crippen molar-refractivity contribution in [2.75, 3.05) is 13.1 Å². The third-order valence-electron chi connectivity index (χ3n) is 6.03. The highest BCUT2D eigenvalue weighted by Gasteiger charge is 2.28. The van der Waals surface area contributed by atoms with Gasteiger partial charge in [0.1, 0.15) is 0 Å². The molecule has 3 nitrogen and oxygen atoms in total. The first-order valence-corrected chi connectivity index (χ1v) is 10.9. The Bertz CT molecular complexity index is 846. The number of hydrogen-bond donors (Lipinski definition) is 1. The van der Waals surface area contributed by atoms with E-state index in [-0.39, 0.29) is 17.9 Å². The van der Waals surface area contributed by atoms with Crippen molar-refractivity contribution in [2.24, 2.45) is 5.92 Å². The van der Waals surface area contributed by atoms with Gasteiger partial charge < -0.3 is 5.32 Å². The number of amides is 1. The van der Waals surface area contributed by atoms with Crippen molar-refractivity contribution in [2.45, 2.75) is 44.7 Å². The fraction of sp³-hybridized carbons (Fsp3) is 0.435. The van der Waals surface area contributed by atoms with Crippen molar-refractivity contribution in [3.63, 3.8) is 0 Å². The van der Waals surface area contributed by atoms with E-state index in [0.717, 1.165) is 57.3 Å². The van der Waals surface area contributed by atoms with E-state index >= 15 is 0 Å².